The van der Waals surface area contributed by atoms with Crippen LogP contribution in [0.2, 0.25) is 0 Å². The van der Waals surface area contributed by atoms with Gasteiger partial charge in [0.1, 0.15) is 5.75 Å². The molecule has 9 heteroatoms. The van der Waals surface area contributed by atoms with Gasteiger partial charge in [0.2, 0.25) is 0 Å². The van der Waals surface area contributed by atoms with Crippen molar-refractivity contribution in [2.75, 3.05) is 7.11 Å². The molecule has 0 atom stereocenters. The van der Waals surface area contributed by atoms with Crippen molar-refractivity contribution in [3.8, 4) is 16.9 Å². The van der Waals surface area contributed by atoms with Crippen LogP contribution in [0.5, 0.6) is 5.75 Å². The Balaban J connectivity index is 2.54. The molecule has 0 saturated carbocycles. The van der Waals surface area contributed by atoms with Gasteiger partial charge in [-0.15, -0.1) is 13.2 Å². The summed E-state index contributed by atoms with van der Waals surface area (Å²) in [5.41, 5.74) is -1.61. The Morgan fingerprint density at radius 2 is 1.60 bits per heavy atom. The zero-order valence-electron chi connectivity index (χ0n) is 12.5. The van der Waals surface area contributed by atoms with Gasteiger partial charge in [-0.3, -0.25) is 0 Å². The van der Waals surface area contributed by atoms with Crippen LogP contribution in [-0.2, 0) is 10.9 Å². The molecule has 0 spiro atoms. The molecular formula is C16H10F6O3. The fourth-order valence-corrected chi connectivity index (χ4v) is 2.07. The number of alkyl halides is 6. The van der Waals surface area contributed by atoms with Crippen molar-refractivity contribution >= 4 is 5.97 Å². The number of esters is 1. The van der Waals surface area contributed by atoms with Crippen LogP contribution in [0.1, 0.15) is 15.9 Å². The van der Waals surface area contributed by atoms with Crippen LogP contribution < -0.4 is 4.74 Å². The Morgan fingerprint density at radius 1 is 0.920 bits per heavy atom. The van der Waals surface area contributed by atoms with Crippen molar-refractivity contribution in [1.82, 2.24) is 0 Å². The number of ether oxygens (including phenoxy) is 2. The predicted octanol–water partition coefficient (Wildman–Crippen LogP) is 5.06. The number of methoxy groups -OCH3 is 1. The van der Waals surface area contributed by atoms with E-state index in [1.807, 2.05) is 0 Å². The van der Waals surface area contributed by atoms with Gasteiger partial charge in [-0.2, -0.15) is 13.2 Å². The second kappa shape index (κ2) is 6.66. The summed E-state index contributed by atoms with van der Waals surface area (Å²) in [6.07, 6.45) is -9.69. The van der Waals surface area contributed by atoms with Gasteiger partial charge < -0.3 is 9.47 Å². The normalized spacial score (nSPS) is 12.0. The highest BCUT2D eigenvalue weighted by Gasteiger charge is 2.33. The third-order valence-electron chi connectivity index (χ3n) is 3.08. The van der Waals surface area contributed by atoms with E-state index in [1.165, 1.54) is 12.1 Å². The van der Waals surface area contributed by atoms with Crippen LogP contribution in [0.25, 0.3) is 11.1 Å². The summed E-state index contributed by atoms with van der Waals surface area (Å²) < 4.78 is 84.0. The van der Waals surface area contributed by atoms with E-state index in [1.54, 1.807) is 0 Å². The van der Waals surface area contributed by atoms with E-state index in [9.17, 15) is 31.1 Å². The third kappa shape index (κ3) is 4.88. The minimum absolute atomic E-state index is 0.0120. The highest BCUT2D eigenvalue weighted by Crippen LogP contribution is 2.35. The van der Waals surface area contributed by atoms with Crippen LogP contribution in [-0.4, -0.2) is 19.4 Å². The molecule has 25 heavy (non-hydrogen) atoms. The van der Waals surface area contributed by atoms with Crippen molar-refractivity contribution in [2.24, 2.45) is 0 Å². The maximum atomic E-state index is 13.0. The summed E-state index contributed by atoms with van der Waals surface area (Å²) in [6, 6.07) is 6.82. The average molecular weight is 364 g/mol. The van der Waals surface area contributed by atoms with E-state index in [0.717, 1.165) is 31.4 Å². The molecule has 0 bridgehead atoms. The molecule has 0 fully saturated rings. The molecule has 0 saturated heterocycles. The van der Waals surface area contributed by atoms with Gasteiger partial charge in [-0.1, -0.05) is 12.1 Å². The Morgan fingerprint density at radius 3 is 2.16 bits per heavy atom. The molecule has 0 unspecified atom stereocenters. The fourth-order valence-electron chi connectivity index (χ4n) is 2.07. The maximum absolute atomic E-state index is 13.0. The molecular weight excluding hydrogens is 354 g/mol. The highest BCUT2D eigenvalue weighted by molar-refractivity contribution is 5.91. The summed E-state index contributed by atoms with van der Waals surface area (Å²) in [4.78, 5) is 11.6. The van der Waals surface area contributed by atoms with Crippen molar-refractivity contribution in [3.63, 3.8) is 0 Å². The highest BCUT2D eigenvalue weighted by atomic mass is 19.4. The fraction of sp³-hybridized carbons (Fsp3) is 0.188. The van der Waals surface area contributed by atoms with Crippen molar-refractivity contribution < 1.29 is 40.6 Å². The lowest BCUT2D eigenvalue weighted by atomic mass is 9.99. The van der Waals surface area contributed by atoms with Crippen molar-refractivity contribution in [3.05, 3.63) is 53.6 Å². The molecule has 0 N–H and O–H groups in total. The van der Waals surface area contributed by atoms with Gasteiger partial charge in [0.05, 0.1) is 18.2 Å². The van der Waals surface area contributed by atoms with Gasteiger partial charge in [0.25, 0.3) is 0 Å². The molecule has 0 aliphatic rings. The van der Waals surface area contributed by atoms with Crippen LogP contribution in [0.4, 0.5) is 26.3 Å². The minimum atomic E-state index is -4.94. The van der Waals surface area contributed by atoms with Crippen molar-refractivity contribution in [2.45, 2.75) is 12.5 Å². The molecule has 134 valence electrons. The molecule has 2 aromatic rings. The van der Waals surface area contributed by atoms with E-state index in [2.05, 4.69) is 9.47 Å². The Hall–Kier alpha value is -2.71. The molecule has 0 amide bonds. The molecule has 0 aliphatic carbocycles. The van der Waals surface area contributed by atoms with Gasteiger partial charge >= 0.3 is 18.5 Å². The van der Waals surface area contributed by atoms with E-state index >= 15 is 0 Å². The first-order valence-electron chi connectivity index (χ1n) is 6.66. The SMILES string of the molecule is COC(=O)c1cc(-c2cccc(OC(F)(F)F)c2)cc(C(F)(F)F)c1. The number of halogens is 6. The Bertz CT molecular complexity index is 780. The summed E-state index contributed by atoms with van der Waals surface area (Å²) >= 11 is 0. The molecule has 0 heterocycles. The molecule has 2 rings (SSSR count). The minimum Gasteiger partial charge on any atom is -0.465 e. The number of benzene rings is 2. The number of carbonyl (C=O) groups excluding carboxylic acids is 1. The van der Waals surface area contributed by atoms with Crippen LogP contribution in [0, 0.1) is 0 Å². The first kappa shape index (κ1) is 18.6. The van der Waals surface area contributed by atoms with E-state index < -0.39 is 29.8 Å². The molecule has 0 aromatic heterocycles. The van der Waals surface area contributed by atoms with Crippen molar-refractivity contribution in [1.29, 1.82) is 0 Å². The van der Waals surface area contributed by atoms with Gasteiger partial charge in [0, 0.05) is 0 Å². The zero-order valence-corrected chi connectivity index (χ0v) is 12.5. The summed E-state index contributed by atoms with van der Waals surface area (Å²) in [5.74, 6) is -1.60. The Labute approximate surface area is 137 Å². The topological polar surface area (TPSA) is 35.5 Å². The van der Waals surface area contributed by atoms with Gasteiger partial charge in [0.15, 0.2) is 0 Å². The number of rotatable bonds is 3. The second-order valence-corrected chi connectivity index (χ2v) is 4.86. The first-order chi connectivity index (χ1) is 11.5. The lowest BCUT2D eigenvalue weighted by Gasteiger charge is -2.13. The third-order valence-corrected chi connectivity index (χ3v) is 3.08. The monoisotopic (exact) mass is 364 g/mol. The molecule has 0 radical (unpaired) electrons. The van der Waals surface area contributed by atoms with E-state index in [4.69, 9.17) is 0 Å². The van der Waals surface area contributed by atoms with Gasteiger partial charge in [-0.25, -0.2) is 4.79 Å². The van der Waals surface area contributed by atoms with Gasteiger partial charge in [-0.05, 0) is 41.5 Å². The standard InChI is InChI=1S/C16H10F6O3/c1-24-14(23)11-5-10(6-12(7-11)15(17,18)19)9-3-2-4-13(8-9)25-16(20,21)22/h2-8H,1H3. The predicted molar refractivity (Wildman–Crippen MR) is 74.9 cm³/mol. The van der Waals surface area contributed by atoms with E-state index in [0.29, 0.717) is 6.07 Å². The summed E-state index contributed by atoms with van der Waals surface area (Å²) in [7, 11) is 1.00. The lowest BCUT2D eigenvalue weighted by molar-refractivity contribution is -0.274. The first-order valence-corrected chi connectivity index (χ1v) is 6.66. The summed E-state index contributed by atoms with van der Waals surface area (Å²) in [5, 5.41) is 0. The number of carbonyl (C=O) groups is 1. The maximum Gasteiger partial charge on any atom is 0.573 e. The second-order valence-electron chi connectivity index (χ2n) is 4.86. The average Bonchev–Trinajstić information content (AvgIpc) is 2.51. The molecule has 3 nitrogen and oxygen atoms in total. The largest absolute Gasteiger partial charge is 0.573 e. The zero-order chi connectivity index (χ0) is 18.8. The Kier molecular flexibility index (Phi) is 4.96. The number of hydrogen-bond donors (Lipinski definition) is 0. The van der Waals surface area contributed by atoms with Crippen LogP contribution >= 0.6 is 0 Å². The lowest BCUT2D eigenvalue weighted by Crippen LogP contribution is -2.17. The van der Waals surface area contributed by atoms with Crippen LogP contribution in [0.15, 0.2) is 42.5 Å². The quantitative estimate of drug-likeness (QED) is 0.564. The summed E-state index contributed by atoms with van der Waals surface area (Å²) in [6.45, 7) is 0. The molecule has 2 aromatic carbocycles. The smallest absolute Gasteiger partial charge is 0.465 e. The van der Waals surface area contributed by atoms with Crippen LogP contribution in [0.3, 0.4) is 0 Å². The number of hydrogen-bond acceptors (Lipinski definition) is 3. The molecule has 0 aliphatic heterocycles. The van der Waals surface area contributed by atoms with E-state index in [-0.39, 0.29) is 16.7 Å².